The van der Waals surface area contributed by atoms with Gasteiger partial charge in [-0.3, -0.25) is 0 Å². The molecule has 2 bridgehead atoms. The number of hydrogen-bond acceptors (Lipinski definition) is 5. The highest BCUT2D eigenvalue weighted by Crippen LogP contribution is 2.33. The highest BCUT2D eigenvalue weighted by molar-refractivity contribution is 5.44. The molecule has 0 spiro atoms. The standard InChI is InChI=1S/C14H20N4O2/c1-17-12-3-2-4-13(17)8-11(7-12)16-10-5-6-14(15-9-10)18(19)20/h5-6,9,11-13,16H,2-4,7-8H2,1H3. The zero-order chi connectivity index (χ0) is 14.1. The highest BCUT2D eigenvalue weighted by Gasteiger charge is 2.35. The van der Waals surface area contributed by atoms with Crippen molar-refractivity contribution in [1.82, 2.24) is 9.88 Å². The molecule has 2 unspecified atom stereocenters. The molecule has 2 aliphatic heterocycles. The van der Waals surface area contributed by atoms with Crippen molar-refractivity contribution in [2.24, 2.45) is 0 Å². The van der Waals surface area contributed by atoms with E-state index in [1.165, 1.54) is 25.3 Å². The summed E-state index contributed by atoms with van der Waals surface area (Å²) in [7, 11) is 2.23. The van der Waals surface area contributed by atoms with Crippen molar-refractivity contribution in [2.45, 2.75) is 50.2 Å². The van der Waals surface area contributed by atoms with Crippen LogP contribution < -0.4 is 5.32 Å². The Morgan fingerprint density at radius 3 is 2.60 bits per heavy atom. The SMILES string of the molecule is CN1C2CCCC1CC(Nc1ccc([N+](=O)[O-])nc1)C2. The monoisotopic (exact) mass is 276 g/mol. The molecule has 1 aromatic heterocycles. The van der Waals surface area contributed by atoms with Crippen molar-refractivity contribution < 1.29 is 4.92 Å². The van der Waals surface area contributed by atoms with Gasteiger partial charge in [-0.15, -0.1) is 0 Å². The first-order chi connectivity index (χ1) is 9.63. The second-order valence-electron chi connectivity index (χ2n) is 5.88. The first-order valence-electron chi connectivity index (χ1n) is 7.22. The van der Waals surface area contributed by atoms with Gasteiger partial charge in [0.15, 0.2) is 6.20 Å². The molecule has 6 nitrogen and oxygen atoms in total. The Kier molecular flexibility index (Phi) is 3.56. The Morgan fingerprint density at radius 2 is 2.05 bits per heavy atom. The summed E-state index contributed by atoms with van der Waals surface area (Å²) in [5, 5.41) is 14.1. The van der Waals surface area contributed by atoms with Gasteiger partial charge >= 0.3 is 5.82 Å². The molecule has 3 rings (SSSR count). The average Bonchev–Trinajstić information content (AvgIpc) is 2.40. The second-order valence-corrected chi connectivity index (χ2v) is 5.88. The van der Waals surface area contributed by atoms with Crippen molar-refractivity contribution in [3.8, 4) is 0 Å². The Balaban J connectivity index is 1.65. The van der Waals surface area contributed by atoms with Crippen molar-refractivity contribution in [3.05, 3.63) is 28.4 Å². The summed E-state index contributed by atoms with van der Waals surface area (Å²) in [6.07, 6.45) is 7.75. The number of nitrogens with one attached hydrogen (secondary N) is 1. The second kappa shape index (κ2) is 5.36. The zero-order valence-corrected chi connectivity index (χ0v) is 11.7. The van der Waals surface area contributed by atoms with Crippen LogP contribution in [0, 0.1) is 10.1 Å². The number of hydrogen-bond donors (Lipinski definition) is 1. The van der Waals surface area contributed by atoms with Gasteiger partial charge in [-0.05, 0) is 48.7 Å². The predicted octanol–water partition coefficient (Wildman–Crippen LogP) is 2.42. The van der Waals surface area contributed by atoms with Crippen LogP contribution in [0.5, 0.6) is 0 Å². The topological polar surface area (TPSA) is 71.3 Å². The van der Waals surface area contributed by atoms with E-state index in [9.17, 15) is 10.1 Å². The maximum absolute atomic E-state index is 10.6. The largest absolute Gasteiger partial charge is 0.379 e. The number of fused-ring (bicyclic) bond motifs is 2. The molecule has 2 atom stereocenters. The third-order valence-electron chi connectivity index (χ3n) is 4.65. The maximum Gasteiger partial charge on any atom is 0.363 e. The molecule has 20 heavy (non-hydrogen) atoms. The van der Waals surface area contributed by atoms with Crippen molar-refractivity contribution >= 4 is 11.5 Å². The lowest BCUT2D eigenvalue weighted by Crippen LogP contribution is -2.52. The molecule has 1 aromatic rings. The lowest BCUT2D eigenvalue weighted by atomic mass is 9.82. The van der Waals surface area contributed by atoms with Gasteiger partial charge in [-0.25, -0.2) is 0 Å². The van der Waals surface area contributed by atoms with E-state index in [0.29, 0.717) is 18.1 Å². The fourth-order valence-electron chi connectivity index (χ4n) is 3.55. The quantitative estimate of drug-likeness (QED) is 0.678. The summed E-state index contributed by atoms with van der Waals surface area (Å²) >= 11 is 0. The lowest BCUT2D eigenvalue weighted by Gasteiger charge is -2.47. The van der Waals surface area contributed by atoms with Gasteiger partial charge in [-0.1, -0.05) is 6.42 Å². The van der Waals surface area contributed by atoms with Crippen molar-refractivity contribution in [3.63, 3.8) is 0 Å². The Hall–Kier alpha value is -1.69. The Morgan fingerprint density at radius 1 is 1.35 bits per heavy atom. The van der Waals surface area contributed by atoms with E-state index < -0.39 is 4.92 Å². The van der Waals surface area contributed by atoms with Crippen LogP contribution in [-0.4, -0.2) is 40.0 Å². The molecule has 2 saturated heterocycles. The van der Waals surface area contributed by atoms with Crippen LogP contribution >= 0.6 is 0 Å². The molecule has 108 valence electrons. The van der Waals surface area contributed by atoms with Crippen molar-refractivity contribution in [2.75, 3.05) is 12.4 Å². The van der Waals surface area contributed by atoms with Crippen LogP contribution in [-0.2, 0) is 0 Å². The summed E-state index contributed by atoms with van der Waals surface area (Å²) in [5.74, 6) is -0.101. The number of pyridine rings is 1. The van der Waals surface area contributed by atoms with Gasteiger partial charge in [0.1, 0.15) is 0 Å². The molecule has 0 amide bonds. The van der Waals surface area contributed by atoms with E-state index in [1.807, 2.05) is 0 Å². The fraction of sp³-hybridized carbons (Fsp3) is 0.643. The number of aromatic nitrogens is 1. The van der Waals surface area contributed by atoms with E-state index >= 15 is 0 Å². The van der Waals surface area contributed by atoms with E-state index in [1.54, 1.807) is 12.3 Å². The van der Waals surface area contributed by atoms with Crippen LogP contribution in [0.25, 0.3) is 0 Å². The normalized spacial score (nSPS) is 29.9. The molecule has 0 aromatic carbocycles. The van der Waals surface area contributed by atoms with Gasteiger partial charge in [0, 0.05) is 24.2 Å². The molecule has 1 N–H and O–H groups in total. The molecule has 0 radical (unpaired) electrons. The Labute approximate surface area is 118 Å². The molecule has 0 saturated carbocycles. The summed E-state index contributed by atoms with van der Waals surface area (Å²) in [6, 6.07) is 5.00. The first kappa shape index (κ1) is 13.3. The minimum Gasteiger partial charge on any atom is -0.379 e. The third-order valence-corrected chi connectivity index (χ3v) is 4.65. The molecule has 0 aliphatic carbocycles. The molecular weight excluding hydrogens is 256 g/mol. The predicted molar refractivity (Wildman–Crippen MR) is 76.7 cm³/mol. The van der Waals surface area contributed by atoms with Crippen molar-refractivity contribution in [1.29, 1.82) is 0 Å². The van der Waals surface area contributed by atoms with E-state index in [-0.39, 0.29) is 5.82 Å². The average molecular weight is 276 g/mol. The number of rotatable bonds is 3. The molecule has 6 heteroatoms. The van der Waals surface area contributed by atoms with E-state index in [2.05, 4.69) is 22.2 Å². The van der Waals surface area contributed by atoms with E-state index in [0.717, 1.165) is 18.5 Å². The van der Waals surface area contributed by atoms with Crippen LogP contribution in [0.3, 0.4) is 0 Å². The fourth-order valence-corrected chi connectivity index (χ4v) is 3.55. The minimum absolute atomic E-state index is 0.101. The summed E-state index contributed by atoms with van der Waals surface area (Å²) in [6.45, 7) is 0. The van der Waals surface area contributed by atoms with Gasteiger partial charge in [0.25, 0.3) is 0 Å². The number of nitro groups is 1. The van der Waals surface area contributed by atoms with Crippen LogP contribution in [0.4, 0.5) is 11.5 Å². The first-order valence-corrected chi connectivity index (χ1v) is 7.22. The number of anilines is 1. The lowest BCUT2D eigenvalue weighted by molar-refractivity contribution is -0.389. The molecular formula is C14H20N4O2. The molecule has 2 aliphatic rings. The molecule has 2 fully saturated rings. The summed E-state index contributed by atoms with van der Waals surface area (Å²) in [4.78, 5) is 16.5. The van der Waals surface area contributed by atoms with Gasteiger partial charge in [-0.2, -0.15) is 0 Å². The third kappa shape index (κ3) is 2.60. The Bertz CT molecular complexity index is 476. The van der Waals surface area contributed by atoms with Gasteiger partial charge in [0.05, 0.1) is 5.69 Å². The van der Waals surface area contributed by atoms with Gasteiger partial charge in [0.2, 0.25) is 0 Å². The summed E-state index contributed by atoms with van der Waals surface area (Å²) in [5.41, 5.74) is 0.878. The van der Waals surface area contributed by atoms with E-state index in [4.69, 9.17) is 0 Å². The minimum atomic E-state index is -0.469. The smallest absolute Gasteiger partial charge is 0.363 e. The van der Waals surface area contributed by atoms with Crippen LogP contribution in [0.2, 0.25) is 0 Å². The maximum atomic E-state index is 10.6. The number of nitrogens with zero attached hydrogens (tertiary/aromatic N) is 3. The van der Waals surface area contributed by atoms with Crippen LogP contribution in [0.15, 0.2) is 18.3 Å². The summed E-state index contributed by atoms with van der Waals surface area (Å²) < 4.78 is 0. The van der Waals surface area contributed by atoms with Gasteiger partial charge < -0.3 is 20.3 Å². The number of piperidine rings is 2. The molecule has 3 heterocycles. The highest BCUT2D eigenvalue weighted by atomic mass is 16.6. The van der Waals surface area contributed by atoms with Crippen LogP contribution in [0.1, 0.15) is 32.1 Å². The zero-order valence-electron chi connectivity index (χ0n) is 11.7.